The van der Waals surface area contributed by atoms with Crippen LogP contribution in [0.3, 0.4) is 0 Å². The molecule has 48 heteroatoms. The number of anilines is 2. The van der Waals surface area contributed by atoms with Crippen molar-refractivity contribution in [2.45, 2.75) is 128 Å². The summed E-state index contributed by atoms with van der Waals surface area (Å²) in [5.74, 6) is 4.03. The lowest BCUT2D eigenvalue weighted by Crippen LogP contribution is -2.62. The summed E-state index contributed by atoms with van der Waals surface area (Å²) in [5.41, 5.74) is 69.3. The molecule has 16 amide bonds. The van der Waals surface area contributed by atoms with Gasteiger partial charge < -0.3 is 110 Å². The Morgan fingerprint density at radius 1 is 0.273 bits per heavy atom. The molecule has 0 saturated carbocycles. The zero-order valence-electron chi connectivity index (χ0n) is 70.3. The number of carbonyl (C=O) groups is 8. The predicted molar refractivity (Wildman–Crippen MR) is 477 cm³/mol. The number of phenols is 2. The van der Waals surface area contributed by atoms with Crippen molar-refractivity contribution in [1.82, 2.24) is 124 Å². The number of nitrogen functional groups attached to an aromatic ring is 2. The molecule has 676 valence electrons. The normalized spacial score (nSPS) is 14.4. The number of carbonyl (C=O) groups excluding carboxylic acids is 8. The van der Waals surface area contributed by atoms with Gasteiger partial charge in [0.1, 0.15) is 112 Å². The topological polar surface area (TPSA) is 786 Å². The van der Waals surface area contributed by atoms with Crippen LogP contribution in [0, 0.1) is 0 Å². The van der Waals surface area contributed by atoms with E-state index in [1.54, 1.807) is 84.9 Å². The molecule has 0 radical (unpaired) electrons. The highest BCUT2D eigenvalue weighted by Crippen LogP contribution is 2.48. The number of aromatic nitrogens is 12. The van der Waals surface area contributed by atoms with Crippen molar-refractivity contribution in [3.8, 4) is 33.8 Å². The molecular formula is C84H90N38O10. The largest absolute Gasteiger partial charge is 0.507 e. The number of aromatic hydroxyl groups is 2. The number of nitrogens with two attached hydrogens (primary N) is 10. The molecule has 4 saturated heterocycles. The van der Waals surface area contributed by atoms with E-state index in [1.165, 1.54) is 0 Å². The van der Waals surface area contributed by atoms with Crippen molar-refractivity contribution in [2.24, 2.45) is 66.3 Å². The number of fused-ring (bicyclic) bond motifs is 2. The highest BCUT2D eigenvalue weighted by Gasteiger charge is 2.33. The van der Waals surface area contributed by atoms with Crippen molar-refractivity contribution in [3.05, 3.63) is 236 Å². The Morgan fingerprint density at radius 3 is 0.833 bits per heavy atom. The minimum atomic E-state index is -0.835. The number of amides is 16. The smallest absolute Gasteiger partial charge is 0.324 e. The lowest BCUT2D eigenvalue weighted by molar-refractivity contribution is 0.207. The molecule has 0 bridgehead atoms. The van der Waals surface area contributed by atoms with E-state index in [0.717, 1.165) is 0 Å². The molecule has 4 fully saturated rings. The number of urea groups is 8. The van der Waals surface area contributed by atoms with E-state index in [9.17, 15) is 48.6 Å². The van der Waals surface area contributed by atoms with Crippen molar-refractivity contribution in [2.75, 3.05) is 11.5 Å². The number of nitrogens with zero attached hydrogens (tertiary/aromatic N) is 16. The van der Waals surface area contributed by atoms with Crippen LogP contribution in [0.15, 0.2) is 142 Å². The van der Waals surface area contributed by atoms with Crippen LogP contribution in [0.4, 0.5) is 72.5 Å². The van der Waals surface area contributed by atoms with Crippen LogP contribution in [0.5, 0.6) is 11.5 Å². The molecule has 8 aromatic carbocycles. The van der Waals surface area contributed by atoms with E-state index in [4.69, 9.17) is 72.7 Å². The lowest BCUT2D eigenvalue weighted by Gasteiger charge is -2.28. The van der Waals surface area contributed by atoms with Crippen molar-refractivity contribution >= 4 is 104 Å². The number of rotatable bonds is 30. The van der Waals surface area contributed by atoms with Gasteiger partial charge in [-0.15, -0.1) is 20.5 Å². The third kappa shape index (κ3) is 21.0. The van der Waals surface area contributed by atoms with Gasteiger partial charge >= 0.3 is 48.2 Å². The van der Waals surface area contributed by atoms with E-state index in [2.05, 4.69) is 129 Å². The zero-order chi connectivity index (χ0) is 93.0. The Labute approximate surface area is 748 Å². The minimum absolute atomic E-state index is 0.0651. The van der Waals surface area contributed by atoms with Crippen LogP contribution < -0.4 is 121 Å². The Bertz CT molecular complexity index is 6220. The summed E-state index contributed by atoms with van der Waals surface area (Å²) in [6.45, 7) is 0.553. The van der Waals surface area contributed by atoms with Crippen LogP contribution in [-0.2, 0) is 104 Å². The van der Waals surface area contributed by atoms with Gasteiger partial charge in [-0.25, -0.2) is 98.2 Å². The van der Waals surface area contributed by atoms with Crippen LogP contribution in [0.25, 0.3) is 43.8 Å². The van der Waals surface area contributed by atoms with Gasteiger partial charge in [-0.3, -0.25) is 21.3 Å². The second-order valence-corrected chi connectivity index (χ2v) is 30.3. The molecule has 132 heavy (non-hydrogen) atoms. The fourth-order valence-corrected chi connectivity index (χ4v) is 15.6. The highest BCUT2D eigenvalue weighted by molar-refractivity contribution is 6.08. The Morgan fingerprint density at radius 2 is 0.523 bits per heavy atom. The third-order valence-electron chi connectivity index (χ3n) is 21.3. The quantitative estimate of drug-likeness (QED) is 0.0227. The van der Waals surface area contributed by atoms with Gasteiger partial charge in [0, 0.05) is 67.9 Å². The SMILES string of the molecule is NCc1nc(CN)nc(Cc2cccc(Cc3nc(CN)nc(CN)n3)c2N=Nc2c(N)ccc3ccc(-c4c(CC5NC(=O)NC(=O)N5)cccc4CC4NC(=O)NC(=O)N4)c(O)c23)n1.NCc1nc(CN)nc(Cc2cccc(Cc3nc(CN)nc(CN)n3)c2N=Nc2ccc3ccc(-c4c(CC5NC(=O)NC(=O)N5)cccc4CC4NC(=O)NC(=O)N4)c(N)c3c2O)n1. The standard InChI is InChI=1S/2C42H45N19O5/c43-15-30-48-26(49-31(16-44)52-30)13-22-5-2-6-23(14-27-50-32(17-45)53-33(18-46)51-27)37(22)61-60-25-10-8-19-7-9-24(36(47)35(19)38(25)62)34-20(11-28-54-39(63)58-40(64)55-28)3-1-4-21(34)12-29-56-41(65)59-42(66)57-29;43-15-30-48-26(49-31(16-44)52-30)13-22-5-2-6-23(14-27-50-32(17-45)53-33(18-46)51-27)36(22)60-61-37-25(47)10-8-19-7-9-24(38(62)35(19)37)34-20(11-28-54-39(63)58-40(64)55-28)3-1-4-21(34)12-29-56-41(65)59-42(66)57-29/h2*1-10,28-29,62H,11-18,43-47H2,(H3,54,55,58,63,64)(H3,56,57,59,65,66). The van der Waals surface area contributed by atoms with E-state index in [0.29, 0.717) is 159 Å². The summed E-state index contributed by atoms with van der Waals surface area (Å²) in [6, 6.07) is 30.1. The van der Waals surface area contributed by atoms with Crippen LogP contribution in [0.1, 0.15) is 114 Å². The average Bonchev–Trinajstić information content (AvgIpc) is 0.755. The molecule has 48 nitrogen and oxygen atoms in total. The Kier molecular flexibility index (Phi) is 27.4. The third-order valence-corrected chi connectivity index (χ3v) is 21.3. The number of phenolic OH excluding ortho intramolecular Hbond substituents is 2. The van der Waals surface area contributed by atoms with Crippen molar-refractivity contribution < 1.29 is 48.6 Å². The molecule has 0 atom stereocenters. The number of hydrogen-bond donors (Lipinski definition) is 24. The first-order valence-electron chi connectivity index (χ1n) is 41.2. The Hall–Kier alpha value is -16.6. The first-order chi connectivity index (χ1) is 63.8. The molecule has 4 aromatic heterocycles. The molecule has 0 unspecified atom stereocenters. The lowest BCUT2D eigenvalue weighted by atomic mass is 9.87. The van der Waals surface area contributed by atoms with Gasteiger partial charge in [0.2, 0.25) is 0 Å². The van der Waals surface area contributed by atoms with Crippen molar-refractivity contribution in [3.63, 3.8) is 0 Å². The first-order valence-corrected chi connectivity index (χ1v) is 41.2. The maximum atomic E-state index is 12.5. The average molecular weight is 1790 g/mol. The van der Waals surface area contributed by atoms with E-state index in [1.807, 2.05) is 36.4 Å². The number of imide groups is 4. The number of benzene rings is 8. The van der Waals surface area contributed by atoms with Gasteiger partial charge in [-0.05, 0) is 84.6 Å². The van der Waals surface area contributed by atoms with Gasteiger partial charge in [0.05, 0.1) is 80.5 Å². The second kappa shape index (κ2) is 40.1. The molecule has 4 aliphatic heterocycles. The van der Waals surface area contributed by atoms with Gasteiger partial charge in [0.25, 0.3) is 0 Å². The molecular weight excluding hydrogens is 1700 g/mol. The number of hydrogen-bond acceptors (Lipinski definition) is 36. The number of azo groups is 2. The van der Waals surface area contributed by atoms with Crippen molar-refractivity contribution in [1.29, 1.82) is 0 Å². The second-order valence-electron chi connectivity index (χ2n) is 30.3. The highest BCUT2D eigenvalue weighted by atomic mass is 16.3. The fourth-order valence-electron chi connectivity index (χ4n) is 15.6. The summed E-state index contributed by atoms with van der Waals surface area (Å²) < 4.78 is 0. The monoisotopic (exact) mass is 1790 g/mol. The van der Waals surface area contributed by atoms with Gasteiger partial charge in [-0.2, -0.15) is 0 Å². The molecule has 16 rings (SSSR count). The summed E-state index contributed by atoms with van der Waals surface area (Å²) in [5, 5.41) is 75.2. The predicted octanol–water partition coefficient (Wildman–Crippen LogP) is 2.76. The Balaban J connectivity index is 0.000000202. The molecule has 4 aliphatic rings. The summed E-state index contributed by atoms with van der Waals surface area (Å²) in [4.78, 5) is 152. The summed E-state index contributed by atoms with van der Waals surface area (Å²) in [6.07, 6.45) is -2.20. The minimum Gasteiger partial charge on any atom is -0.507 e. The first kappa shape index (κ1) is 90.2. The van der Waals surface area contributed by atoms with Crippen LogP contribution in [-0.4, -0.2) is 143 Å². The zero-order valence-corrected chi connectivity index (χ0v) is 70.3. The molecule has 12 aromatic rings. The summed E-state index contributed by atoms with van der Waals surface area (Å²) >= 11 is 0. The van der Waals surface area contributed by atoms with Crippen LogP contribution >= 0.6 is 0 Å². The van der Waals surface area contributed by atoms with Crippen LogP contribution in [0.2, 0.25) is 0 Å². The molecule has 0 spiro atoms. The molecule has 0 aliphatic carbocycles. The number of nitrogens with one attached hydrogen (secondary N) is 12. The fraction of sp³-hybridized carbons (Fsp3) is 0.238. The maximum absolute atomic E-state index is 12.5. The van der Waals surface area contributed by atoms with E-state index < -0.39 is 72.9 Å². The molecule has 34 N–H and O–H groups in total. The van der Waals surface area contributed by atoms with E-state index in [-0.39, 0.29) is 149 Å². The van der Waals surface area contributed by atoms with E-state index >= 15 is 0 Å². The molecule has 8 heterocycles. The van der Waals surface area contributed by atoms with Gasteiger partial charge in [0.15, 0.2) is 5.75 Å². The maximum Gasteiger partial charge on any atom is 0.324 e. The summed E-state index contributed by atoms with van der Waals surface area (Å²) in [7, 11) is 0. The van der Waals surface area contributed by atoms with Gasteiger partial charge in [-0.1, -0.05) is 103 Å².